The van der Waals surface area contributed by atoms with Crippen LogP contribution in [0.1, 0.15) is 40.6 Å². The van der Waals surface area contributed by atoms with Crippen LogP contribution in [0, 0.1) is 6.92 Å². The second-order valence-electron chi connectivity index (χ2n) is 6.00. The lowest BCUT2D eigenvalue weighted by Crippen LogP contribution is -2.39. The smallest absolute Gasteiger partial charge is 0.274 e. The minimum atomic E-state index is -0.0990. The van der Waals surface area contributed by atoms with Crippen molar-refractivity contribution in [2.24, 2.45) is 0 Å². The van der Waals surface area contributed by atoms with Crippen LogP contribution in [0.15, 0.2) is 29.2 Å². The molecule has 0 bridgehead atoms. The van der Waals surface area contributed by atoms with E-state index in [1.807, 2.05) is 17.9 Å². The van der Waals surface area contributed by atoms with Crippen molar-refractivity contribution in [3.63, 3.8) is 0 Å². The third-order valence-electron chi connectivity index (χ3n) is 4.24. The molecule has 1 atom stereocenters. The lowest BCUT2D eigenvalue weighted by molar-refractivity contribution is 0.0699. The maximum Gasteiger partial charge on any atom is 0.274 e. The van der Waals surface area contributed by atoms with Crippen molar-refractivity contribution in [3.8, 4) is 10.6 Å². The summed E-state index contributed by atoms with van der Waals surface area (Å²) in [6.45, 7) is 3.17. The molecule has 3 aromatic heterocycles. The lowest BCUT2D eigenvalue weighted by Gasteiger charge is -2.31. The van der Waals surface area contributed by atoms with E-state index in [1.54, 1.807) is 6.20 Å². The van der Waals surface area contributed by atoms with Gasteiger partial charge in [0.2, 0.25) is 0 Å². The van der Waals surface area contributed by atoms with Crippen LogP contribution in [0.4, 0.5) is 0 Å². The van der Waals surface area contributed by atoms with E-state index in [2.05, 4.69) is 24.7 Å². The Hall–Kier alpha value is -2.68. The first kappa shape index (κ1) is 15.8. The van der Waals surface area contributed by atoms with Crippen LogP contribution in [0.2, 0.25) is 0 Å². The predicted octanol–water partition coefficient (Wildman–Crippen LogP) is 2.31. The molecule has 8 nitrogen and oxygen atoms in total. The van der Waals surface area contributed by atoms with Gasteiger partial charge in [0.05, 0.1) is 17.6 Å². The molecule has 0 radical (unpaired) electrons. The summed E-state index contributed by atoms with van der Waals surface area (Å²) in [6, 6.07) is 1.88. The molecule has 4 rings (SSSR count). The maximum absolute atomic E-state index is 12.6. The molecule has 128 valence electrons. The third-order valence-corrected chi connectivity index (χ3v) is 5.00. The molecule has 3 aromatic rings. The van der Waals surface area contributed by atoms with E-state index in [-0.39, 0.29) is 11.8 Å². The summed E-state index contributed by atoms with van der Waals surface area (Å²) >= 11 is 1.29. The van der Waals surface area contributed by atoms with E-state index in [0.29, 0.717) is 24.5 Å². The first-order valence-electron chi connectivity index (χ1n) is 8.03. The number of amides is 1. The van der Waals surface area contributed by atoms with Gasteiger partial charge >= 0.3 is 0 Å². The average molecular weight is 356 g/mol. The number of hydrogen-bond donors (Lipinski definition) is 0. The standard InChI is InChI=1S/C16H16N6O2S/c1-10-7-13(24-20-10)15-14(19-21-25-15)11-3-2-6-22(9-11)16(23)12-8-17-4-5-18-12/h4-5,7-8,11H,2-3,6,9H2,1H3/t11-/m0/s1. The second-order valence-corrected chi connectivity index (χ2v) is 6.75. The molecule has 25 heavy (non-hydrogen) atoms. The summed E-state index contributed by atoms with van der Waals surface area (Å²) in [7, 11) is 0. The van der Waals surface area contributed by atoms with Crippen molar-refractivity contribution in [1.82, 2.24) is 29.6 Å². The molecule has 1 fully saturated rings. The van der Waals surface area contributed by atoms with E-state index in [0.717, 1.165) is 29.1 Å². The number of piperidine rings is 1. The highest BCUT2D eigenvalue weighted by Gasteiger charge is 2.30. The maximum atomic E-state index is 12.6. The van der Waals surface area contributed by atoms with Crippen molar-refractivity contribution in [2.45, 2.75) is 25.7 Å². The average Bonchev–Trinajstić information content (AvgIpc) is 3.30. The zero-order valence-electron chi connectivity index (χ0n) is 13.6. The number of likely N-dealkylation sites (tertiary alicyclic amines) is 1. The summed E-state index contributed by atoms with van der Waals surface area (Å²) in [5, 5.41) is 8.24. The highest BCUT2D eigenvalue weighted by atomic mass is 32.1. The van der Waals surface area contributed by atoms with Crippen molar-refractivity contribution >= 4 is 17.4 Å². The Morgan fingerprint density at radius 1 is 1.40 bits per heavy atom. The Kier molecular flexibility index (Phi) is 4.22. The van der Waals surface area contributed by atoms with E-state index in [9.17, 15) is 4.79 Å². The Bertz CT molecular complexity index is 878. The molecule has 0 saturated carbocycles. The Balaban J connectivity index is 1.56. The van der Waals surface area contributed by atoms with Gasteiger partial charge in [-0.15, -0.1) is 5.10 Å². The summed E-state index contributed by atoms with van der Waals surface area (Å²) in [5.41, 5.74) is 2.06. The van der Waals surface area contributed by atoms with Crippen LogP contribution in [-0.4, -0.2) is 48.6 Å². The molecule has 1 saturated heterocycles. The van der Waals surface area contributed by atoms with Crippen LogP contribution in [0.25, 0.3) is 10.6 Å². The van der Waals surface area contributed by atoms with Gasteiger partial charge in [-0.1, -0.05) is 9.64 Å². The molecule has 0 aromatic carbocycles. The lowest BCUT2D eigenvalue weighted by atomic mass is 9.93. The van der Waals surface area contributed by atoms with E-state index < -0.39 is 0 Å². The molecular weight excluding hydrogens is 340 g/mol. The van der Waals surface area contributed by atoms with Gasteiger partial charge in [0, 0.05) is 37.5 Å². The van der Waals surface area contributed by atoms with E-state index in [1.165, 1.54) is 23.9 Å². The van der Waals surface area contributed by atoms with Crippen LogP contribution in [0.5, 0.6) is 0 Å². The first-order chi connectivity index (χ1) is 12.2. The highest BCUT2D eigenvalue weighted by molar-refractivity contribution is 7.09. The molecular formula is C16H16N6O2S. The van der Waals surface area contributed by atoms with Gasteiger partial charge in [0.25, 0.3) is 5.91 Å². The Morgan fingerprint density at radius 3 is 3.08 bits per heavy atom. The van der Waals surface area contributed by atoms with Gasteiger partial charge in [-0.25, -0.2) is 4.98 Å². The molecule has 0 unspecified atom stereocenters. The third kappa shape index (κ3) is 3.14. The fourth-order valence-corrected chi connectivity index (χ4v) is 3.76. The molecule has 4 heterocycles. The van der Waals surface area contributed by atoms with Crippen molar-refractivity contribution in [3.05, 3.63) is 41.7 Å². The SMILES string of the molecule is Cc1cc(-c2snnc2[C@H]2CCCN(C(=O)c3cnccn3)C2)on1. The number of hydrogen-bond acceptors (Lipinski definition) is 8. The summed E-state index contributed by atoms with van der Waals surface area (Å²) < 4.78 is 9.45. The quantitative estimate of drug-likeness (QED) is 0.710. The zero-order valence-corrected chi connectivity index (χ0v) is 14.4. The molecule has 0 spiro atoms. The number of carbonyl (C=O) groups is 1. The largest absolute Gasteiger partial charge is 0.355 e. The van der Waals surface area contributed by atoms with Gasteiger partial charge in [-0.05, 0) is 31.3 Å². The highest BCUT2D eigenvalue weighted by Crippen LogP contribution is 2.35. The Labute approximate surface area is 148 Å². The van der Waals surface area contributed by atoms with Gasteiger partial charge in [0.1, 0.15) is 10.6 Å². The number of carbonyl (C=O) groups excluding carboxylic acids is 1. The van der Waals surface area contributed by atoms with Crippen molar-refractivity contribution in [1.29, 1.82) is 0 Å². The number of rotatable bonds is 3. The minimum absolute atomic E-state index is 0.0990. The van der Waals surface area contributed by atoms with Crippen LogP contribution in [-0.2, 0) is 0 Å². The number of aryl methyl sites for hydroxylation is 1. The molecule has 0 aliphatic carbocycles. The molecule has 0 N–H and O–H groups in total. The first-order valence-corrected chi connectivity index (χ1v) is 8.81. The topological polar surface area (TPSA) is 97.9 Å². The van der Waals surface area contributed by atoms with Gasteiger partial charge in [-0.3, -0.25) is 9.78 Å². The van der Waals surface area contributed by atoms with Gasteiger partial charge < -0.3 is 9.42 Å². The molecule has 9 heteroatoms. The van der Waals surface area contributed by atoms with Gasteiger partial charge in [0.15, 0.2) is 5.76 Å². The number of aromatic nitrogens is 5. The van der Waals surface area contributed by atoms with Crippen molar-refractivity contribution in [2.75, 3.05) is 13.1 Å². The van der Waals surface area contributed by atoms with Crippen LogP contribution in [0.3, 0.4) is 0 Å². The van der Waals surface area contributed by atoms with Crippen LogP contribution < -0.4 is 0 Å². The van der Waals surface area contributed by atoms with E-state index in [4.69, 9.17) is 4.52 Å². The number of nitrogens with zero attached hydrogens (tertiary/aromatic N) is 6. The van der Waals surface area contributed by atoms with Crippen molar-refractivity contribution < 1.29 is 9.32 Å². The molecule has 1 aliphatic rings. The van der Waals surface area contributed by atoms with Crippen LogP contribution >= 0.6 is 11.5 Å². The minimum Gasteiger partial charge on any atom is -0.355 e. The zero-order chi connectivity index (χ0) is 17.2. The van der Waals surface area contributed by atoms with E-state index >= 15 is 0 Å². The second kappa shape index (κ2) is 6.67. The molecule has 1 aliphatic heterocycles. The fourth-order valence-electron chi connectivity index (χ4n) is 3.06. The van der Waals surface area contributed by atoms with Gasteiger partial charge in [-0.2, -0.15) is 0 Å². The summed E-state index contributed by atoms with van der Waals surface area (Å²) in [5.74, 6) is 0.700. The fraction of sp³-hybridized carbons (Fsp3) is 0.375. The molecule has 1 amide bonds. The summed E-state index contributed by atoms with van der Waals surface area (Å²) in [4.78, 5) is 23.4. The summed E-state index contributed by atoms with van der Waals surface area (Å²) in [6.07, 6.45) is 6.45. The normalized spacial score (nSPS) is 17.6. The Morgan fingerprint density at radius 2 is 2.32 bits per heavy atom. The monoisotopic (exact) mass is 356 g/mol. The predicted molar refractivity (Wildman–Crippen MR) is 90.1 cm³/mol.